The Kier molecular flexibility index (Phi) is 2.49. The number of carbonyl (C=O) groups is 1. The number of hydrogen-bond donors (Lipinski definition) is 0. The highest BCUT2D eigenvalue weighted by Gasteiger charge is 2.24. The van der Waals surface area contributed by atoms with Gasteiger partial charge in [0.15, 0.2) is 5.78 Å². The number of nitro benzene ring substituents is 1. The van der Waals surface area contributed by atoms with E-state index in [1.165, 1.54) is 18.2 Å². The predicted octanol–water partition coefficient (Wildman–Crippen LogP) is 2.11. The summed E-state index contributed by atoms with van der Waals surface area (Å²) in [5, 5.41) is 10.8. The molecule has 1 aromatic carbocycles. The second-order valence-corrected chi connectivity index (χ2v) is 4.05. The summed E-state index contributed by atoms with van der Waals surface area (Å²) in [6.45, 7) is 0.173. The fourth-order valence-electron chi connectivity index (χ4n) is 1.99. The molecule has 0 fully saturated rings. The molecule has 19 heavy (non-hydrogen) atoms. The molecular weight excluding hydrogens is 248 g/mol. The maximum absolute atomic E-state index is 12.4. The van der Waals surface area contributed by atoms with E-state index in [0.717, 1.165) is 0 Å². The number of nitro groups is 1. The summed E-state index contributed by atoms with van der Waals surface area (Å²) in [7, 11) is 0. The van der Waals surface area contributed by atoms with E-state index in [-0.39, 0.29) is 23.6 Å². The van der Waals surface area contributed by atoms with Gasteiger partial charge >= 0.3 is 0 Å². The van der Waals surface area contributed by atoms with Crippen molar-refractivity contribution in [1.82, 2.24) is 4.98 Å². The van der Waals surface area contributed by atoms with Gasteiger partial charge in [-0.1, -0.05) is 0 Å². The first-order chi connectivity index (χ1) is 9.16. The van der Waals surface area contributed by atoms with Gasteiger partial charge in [0.05, 0.1) is 16.2 Å². The third kappa shape index (κ3) is 1.83. The molecule has 6 heteroatoms. The zero-order chi connectivity index (χ0) is 13.4. The van der Waals surface area contributed by atoms with Crippen molar-refractivity contribution >= 4 is 11.5 Å². The molecule has 0 aliphatic carbocycles. The minimum absolute atomic E-state index is 0.136. The van der Waals surface area contributed by atoms with Crippen molar-refractivity contribution in [3.63, 3.8) is 0 Å². The number of fused-ring (bicyclic) bond motifs is 2. The molecule has 0 atom stereocenters. The molecule has 2 heterocycles. The van der Waals surface area contributed by atoms with E-state index in [2.05, 4.69) is 4.98 Å². The number of nitrogens with zero attached hydrogens (tertiary/aromatic N) is 2. The van der Waals surface area contributed by atoms with Crippen molar-refractivity contribution in [2.45, 2.75) is 6.61 Å². The van der Waals surface area contributed by atoms with E-state index in [0.29, 0.717) is 17.0 Å². The minimum Gasteiger partial charge on any atom is -0.486 e. The Morgan fingerprint density at radius 2 is 2.11 bits per heavy atom. The third-order valence-corrected chi connectivity index (χ3v) is 2.92. The van der Waals surface area contributed by atoms with Crippen LogP contribution in [0.25, 0.3) is 0 Å². The van der Waals surface area contributed by atoms with Crippen LogP contribution in [0.3, 0.4) is 0 Å². The van der Waals surface area contributed by atoms with Gasteiger partial charge in [-0.05, 0) is 18.2 Å². The molecule has 94 valence electrons. The number of benzene rings is 1. The summed E-state index contributed by atoms with van der Waals surface area (Å²) in [6.07, 6.45) is 1.58. The monoisotopic (exact) mass is 256 g/mol. The zero-order valence-electron chi connectivity index (χ0n) is 9.70. The van der Waals surface area contributed by atoms with Gasteiger partial charge in [0, 0.05) is 23.9 Å². The SMILES string of the molecule is O=C1c2cc([N+](=O)[O-])ccc2OCc2ncccc21. The van der Waals surface area contributed by atoms with Crippen molar-refractivity contribution in [3.8, 4) is 5.75 Å². The highest BCUT2D eigenvalue weighted by atomic mass is 16.6. The number of rotatable bonds is 1. The second kappa shape index (κ2) is 4.16. The molecule has 2 aromatic rings. The molecule has 1 aliphatic heterocycles. The number of pyridine rings is 1. The minimum atomic E-state index is -0.539. The van der Waals surface area contributed by atoms with Crippen molar-refractivity contribution in [1.29, 1.82) is 0 Å². The summed E-state index contributed by atoms with van der Waals surface area (Å²) < 4.78 is 5.47. The smallest absolute Gasteiger partial charge is 0.270 e. The maximum Gasteiger partial charge on any atom is 0.270 e. The Bertz CT molecular complexity index is 697. The van der Waals surface area contributed by atoms with Gasteiger partial charge in [-0.2, -0.15) is 0 Å². The first-order valence-corrected chi connectivity index (χ1v) is 5.56. The van der Waals surface area contributed by atoms with Crippen LogP contribution in [0.4, 0.5) is 5.69 Å². The van der Waals surface area contributed by atoms with Crippen molar-refractivity contribution in [2.24, 2.45) is 0 Å². The summed E-state index contributed by atoms with van der Waals surface area (Å²) >= 11 is 0. The first-order valence-electron chi connectivity index (χ1n) is 5.56. The number of ketones is 1. The normalized spacial score (nSPS) is 12.9. The van der Waals surface area contributed by atoms with Gasteiger partial charge in [-0.25, -0.2) is 0 Å². The molecule has 0 N–H and O–H groups in total. The Morgan fingerprint density at radius 1 is 1.26 bits per heavy atom. The molecule has 0 bridgehead atoms. The van der Waals surface area contributed by atoms with Crippen LogP contribution in [0.15, 0.2) is 36.5 Å². The van der Waals surface area contributed by atoms with E-state index < -0.39 is 4.92 Å². The second-order valence-electron chi connectivity index (χ2n) is 4.05. The molecule has 3 rings (SSSR count). The summed E-state index contributed by atoms with van der Waals surface area (Å²) in [5.41, 5.74) is 1.01. The van der Waals surface area contributed by atoms with Crippen LogP contribution in [0, 0.1) is 10.1 Å². The van der Waals surface area contributed by atoms with Crippen LogP contribution >= 0.6 is 0 Å². The van der Waals surface area contributed by atoms with Crippen LogP contribution in [-0.2, 0) is 6.61 Å². The van der Waals surface area contributed by atoms with Gasteiger partial charge in [0.2, 0.25) is 0 Å². The first kappa shape index (κ1) is 11.3. The Balaban J connectivity index is 2.18. The average Bonchev–Trinajstić information content (AvgIpc) is 2.57. The van der Waals surface area contributed by atoms with Gasteiger partial charge in [-0.3, -0.25) is 19.9 Å². The van der Waals surface area contributed by atoms with Crippen LogP contribution in [0.1, 0.15) is 21.6 Å². The zero-order valence-corrected chi connectivity index (χ0v) is 9.70. The van der Waals surface area contributed by atoms with E-state index in [4.69, 9.17) is 4.74 Å². The topological polar surface area (TPSA) is 82.3 Å². The van der Waals surface area contributed by atoms with Crippen molar-refractivity contribution < 1.29 is 14.5 Å². The highest BCUT2D eigenvalue weighted by molar-refractivity contribution is 6.12. The molecule has 0 radical (unpaired) electrons. The van der Waals surface area contributed by atoms with E-state index >= 15 is 0 Å². The molecule has 1 aliphatic rings. The quantitative estimate of drug-likeness (QED) is 0.576. The molecular formula is C13H8N2O4. The lowest BCUT2D eigenvalue weighted by atomic mass is 10.0. The summed E-state index contributed by atoms with van der Waals surface area (Å²) in [5.74, 6) is 0.0351. The van der Waals surface area contributed by atoms with Crippen LogP contribution in [-0.4, -0.2) is 15.7 Å². The third-order valence-electron chi connectivity index (χ3n) is 2.92. The molecule has 6 nitrogen and oxygen atoms in total. The lowest BCUT2D eigenvalue weighted by Gasteiger charge is -2.04. The van der Waals surface area contributed by atoms with E-state index in [9.17, 15) is 14.9 Å². The van der Waals surface area contributed by atoms with Crippen LogP contribution in [0.5, 0.6) is 5.75 Å². The fraction of sp³-hybridized carbons (Fsp3) is 0.0769. The molecule has 0 spiro atoms. The van der Waals surface area contributed by atoms with Crippen molar-refractivity contribution in [3.05, 3.63) is 63.5 Å². The van der Waals surface area contributed by atoms with E-state index in [1.807, 2.05) is 0 Å². The fourth-order valence-corrected chi connectivity index (χ4v) is 1.99. The molecule has 0 saturated carbocycles. The summed E-state index contributed by atoms with van der Waals surface area (Å²) in [4.78, 5) is 26.7. The molecule has 0 saturated heterocycles. The van der Waals surface area contributed by atoms with Gasteiger partial charge < -0.3 is 4.74 Å². The molecule has 0 amide bonds. The number of ether oxygens (including phenoxy) is 1. The largest absolute Gasteiger partial charge is 0.486 e. The van der Waals surface area contributed by atoms with Gasteiger partial charge in [0.25, 0.3) is 5.69 Å². The average molecular weight is 256 g/mol. The Morgan fingerprint density at radius 3 is 2.89 bits per heavy atom. The summed E-state index contributed by atoms with van der Waals surface area (Å²) in [6, 6.07) is 7.29. The maximum atomic E-state index is 12.4. The predicted molar refractivity (Wildman–Crippen MR) is 65.1 cm³/mol. The number of non-ortho nitro benzene ring substituents is 1. The van der Waals surface area contributed by atoms with Gasteiger partial charge in [0.1, 0.15) is 12.4 Å². The number of aromatic nitrogens is 1. The molecule has 1 aromatic heterocycles. The standard InChI is InChI=1S/C13H8N2O4/c16-13-9-2-1-5-14-11(9)7-19-12-4-3-8(15(17)18)6-10(12)13/h1-6H,7H2. The lowest BCUT2D eigenvalue weighted by molar-refractivity contribution is -0.384. The van der Waals surface area contributed by atoms with Gasteiger partial charge in [-0.15, -0.1) is 0 Å². The Hall–Kier alpha value is -2.76. The van der Waals surface area contributed by atoms with Crippen LogP contribution in [0.2, 0.25) is 0 Å². The Labute approximate surface area is 107 Å². The number of carbonyl (C=O) groups excluding carboxylic acids is 1. The molecule has 0 unspecified atom stereocenters. The lowest BCUT2D eigenvalue weighted by Crippen LogP contribution is -2.04. The van der Waals surface area contributed by atoms with Crippen LogP contribution < -0.4 is 4.74 Å². The number of hydrogen-bond acceptors (Lipinski definition) is 5. The highest BCUT2D eigenvalue weighted by Crippen LogP contribution is 2.30. The van der Waals surface area contributed by atoms with E-state index in [1.54, 1.807) is 18.3 Å². The van der Waals surface area contributed by atoms with Crippen molar-refractivity contribution in [2.75, 3.05) is 0 Å².